The van der Waals surface area contributed by atoms with Crippen molar-refractivity contribution in [3.05, 3.63) is 78.0 Å². The zero-order valence-electron chi connectivity index (χ0n) is 21.3. The molecule has 1 aromatic heterocycles. The zero-order valence-corrected chi connectivity index (χ0v) is 21.3. The summed E-state index contributed by atoms with van der Waals surface area (Å²) in [5.74, 6) is 1.72. The summed E-state index contributed by atoms with van der Waals surface area (Å²) in [6.07, 6.45) is 10.4. The largest absolute Gasteiger partial charge is 0.371 e. The highest BCUT2D eigenvalue weighted by atomic mass is 16.1. The second-order valence-corrected chi connectivity index (χ2v) is 10.5. The van der Waals surface area contributed by atoms with Crippen molar-refractivity contribution in [2.45, 2.75) is 51.0 Å². The molecule has 3 aromatic rings. The van der Waals surface area contributed by atoms with Gasteiger partial charge in [-0.15, -0.1) is 0 Å². The third-order valence-corrected chi connectivity index (χ3v) is 8.02. The molecule has 1 aliphatic carbocycles. The summed E-state index contributed by atoms with van der Waals surface area (Å²) in [6.45, 7) is 2.16. The molecule has 1 amide bonds. The molecule has 1 saturated carbocycles. The summed E-state index contributed by atoms with van der Waals surface area (Å²) in [6, 6.07) is 22.1. The van der Waals surface area contributed by atoms with Gasteiger partial charge in [0.1, 0.15) is 5.82 Å². The van der Waals surface area contributed by atoms with E-state index in [1.165, 1.54) is 44.2 Å². The lowest BCUT2D eigenvalue weighted by Crippen LogP contribution is -2.39. The number of carbonyl (C=O) groups excluding carboxylic acids is 1. The molecule has 37 heavy (non-hydrogen) atoms. The average molecular weight is 494 g/mol. The fourth-order valence-electron chi connectivity index (χ4n) is 6.16. The van der Waals surface area contributed by atoms with Crippen molar-refractivity contribution in [1.29, 1.82) is 5.26 Å². The van der Waals surface area contributed by atoms with E-state index in [0.717, 1.165) is 36.5 Å². The van der Waals surface area contributed by atoms with Crippen LogP contribution in [-0.2, 0) is 0 Å². The van der Waals surface area contributed by atoms with Crippen LogP contribution in [0.4, 0.5) is 11.5 Å². The number of pyridine rings is 1. The lowest BCUT2D eigenvalue weighted by molar-refractivity contribution is 0.100. The number of nitrogens with two attached hydrogens (primary N) is 1. The smallest absolute Gasteiger partial charge is 0.249 e. The van der Waals surface area contributed by atoms with E-state index in [-0.39, 0.29) is 0 Å². The maximum Gasteiger partial charge on any atom is 0.249 e. The molecular weight excluding hydrogens is 458 g/mol. The molecule has 190 valence electrons. The van der Waals surface area contributed by atoms with Crippen molar-refractivity contribution in [3.63, 3.8) is 0 Å². The van der Waals surface area contributed by atoms with Gasteiger partial charge in [0.2, 0.25) is 5.91 Å². The maximum absolute atomic E-state index is 11.9. The number of rotatable bonds is 7. The Hall–Kier alpha value is -3.85. The van der Waals surface area contributed by atoms with E-state index in [9.17, 15) is 4.79 Å². The van der Waals surface area contributed by atoms with Crippen molar-refractivity contribution < 1.29 is 4.79 Å². The molecule has 0 spiro atoms. The summed E-state index contributed by atoms with van der Waals surface area (Å²) < 4.78 is 0. The predicted molar refractivity (Wildman–Crippen MR) is 148 cm³/mol. The van der Waals surface area contributed by atoms with Gasteiger partial charge in [-0.2, -0.15) is 5.26 Å². The lowest BCUT2D eigenvalue weighted by Gasteiger charge is -2.39. The SMILES string of the molecule is N#Cc1ccc(N2CCC[C@H](C[C@@H]3CCCC[C@H]3Nc3cc(-c4ccccc4C(N)=O)ccn3)C2)cc1. The molecule has 3 atom stereocenters. The first-order valence-corrected chi connectivity index (χ1v) is 13.5. The Morgan fingerprint density at radius 3 is 2.68 bits per heavy atom. The quantitative estimate of drug-likeness (QED) is 0.421. The second-order valence-electron chi connectivity index (χ2n) is 10.5. The Morgan fingerprint density at radius 2 is 1.86 bits per heavy atom. The van der Waals surface area contributed by atoms with Gasteiger partial charge in [-0.1, -0.05) is 31.0 Å². The number of hydrogen-bond donors (Lipinski definition) is 2. The number of nitriles is 1. The molecule has 0 radical (unpaired) electrons. The van der Waals surface area contributed by atoms with E-state index in [1.807, 2.05) is 48.7 Å². The van der Waals surface area contributed by atoms with Gasteiger partial charge in [0.05, 0.1) is 11.6 Å². The van der Waals surface area contributed by atoms with Crippen LogP contribution in [0.5, 0.6) is 0 Å². The number of nitrogens with zero attached hydrogens (tertiary/aromatic N) is 3. The van der Waals surface area contributed by atoms with Gasteiger partial charge in [-0.05, 0) is 97.5 Å². The molecule has 2 aliphatic rings. The van der Waals surface area contributed by atoms with Crippen LogP contribution in [-0.4, -0.2) is 30.0 Å². The summed E-state index contributed by atoms with van der Waals surface area (Å²) in [4.78, 5) is 19.1. The summed E-state index contributed by atoms with van der Waals surface area (Å²) in [5.41, 5.74) is 9.87. The number of anilines is 2. The highest BCUT2D eigenvalue weighted by Gasteiger charge is 2.30. The Labute approximate surface area is 219 Å². The van der Waals surface area contributed by atoms with E-state index >= 15 is 0 Å². The Morgan fingerprint density at radius 1 is 1.05 bits per heavy atom. The number of carbonyl (C=O) groups is 1. The summed E-state index contributed by atoms with van der Waals surface area (Å²) in [7, 11) is 0. The minimum atomic E-state index is -0.420. The zero-order chi connectivity index (χ0) is 25.6. The molecule has 1 aliphatic heterocycles. The van der Waals surface area contributed by atoms with Crippen LogP contribution in [0.2, 0.25) is 0 Å². The molecule has 1 saturated heterocycles. The molecule has 2 heterocycles. The normalized spacial score (nSPS) is 21.7. The predicted octanol–water partition coefficient (Wildman–Crippen LogP) is 6.00. The number of amides is 1. The third-order valence-electron chi connectivity index (χ3n) is 8.02. The van der Waals surface area contributed by atoms with Crippen molar-refractivity contribution in [2.75, 3.05) is 23.3 Å². The fourth-order valence-corrected chi connectivity index (χ4v) is 6.16. The van der Waals surface area contributed by atoms with Crippen LogP contribution in [0.25, 0.3) is 11.1 Å². The van der Waals surface area contributed by atoms with Crippen LogP contribution >= 0.6 is 0 Å². The Kier molecular flexibility index (Phi) is 7.70. The van der Waals surface area contributed by atoms with Crippen LogP contribution in [0.15, 0.2) is 66.9 Å². The molecule has 6 nitrogen and oxygen atoms in total. The van der Waals surface area contributed by atoms with Gasteiger partial charge < -0.3 is 16.0 Å². The van der Waals surface area contributed by atoms with E-state index in [1.54, 1.807) is 6.07 Å². The first-order valence-electron chi connectivity index (χ1n) is 13.5. The van der Waals surface area contributed by atoms with E-state index in [2.05, 4.69) is 33.4 Å². The number of piperidine rings is 1. The third kappa shape index (κ3) is 5.94. The standard InChI is InChI=1S/C31H35N5O/c32-20-22-11-13-26(14-12-22)36-17-5-6-23(21-36)18-25-7-1-4-10-29(25)35-30-19-24(15-16-34-30)27-8-2-3-9-28(27)31(33)37/h2-3,8-9,11-16,19,23,25,29H,1,4-7,10,17-18,21H2,(H2,33,37)(H,34,35)/t23-,25+,29-/m1/s1. The van der Waals surface area contributed by atoms with E-state index in [0.29, 0.717) is 29.0 Å². The minimum Gasteiger partial charge on any atom is -0.371 e. The van der Waals surface area contributed by atoms with Gasteiger partial charge in [0.25, 0.3) is 0 Å². The maximum atomic E-state index is 11.9. The number of primary amides is 1. The Bertz CT molecular complexity index is 1270. The van der Waals surface area contributed by atoms with Gasteiger partial charge in [0.15, 0.2) is 0 Å². The molecule has 2 aromatic carbocycles. The molecule has 3 N–H and O–H groups in total. The number of nitrogens with one attached hydrogen (secondary N) is 1. The van der Waals surface area contributed by atoms with Gasteiger partial charge in [-0.25, -0.2) is 4.98 Å². The summed E-state index contributed by atoms with van der Waals surface area (Å²) in [5, 5.41) is 12.9. The highest BCUT2D eigenvalue weighted by Crippen LogP contribution is 2.35. The van der Waals surface area contributed by atoms with Crippen LogP contribution < -0.4 is 16.0 Å². The first-order chi connectivity index (χ1) is 18.1. The van der Waals surface area contributed by atoms with Crippen molar-refractivity contribution >= 4 is 17.4 Å². The second kappa shape index (κ2) is 11.5. The lowest BCUT2D eigenvalue weighted by atomic mass is 9.77. The number of benzene rings is 2. The number of hydrogen-bond acceptors (Lipinski definition) is 5. The van der Waals surface area contributed by atoms with E-state index in [4.69, 9.17) is 11.0 Å². The van der Waals surface area contributed by atoms with E-state index < -0.39 is 5.91 Å². The average Bonchev–Trinajstić information content (AvgIpc) is 2.94. The van der Waals surface area contributed by atoms with Gasteiger partial charge in [0, 0.05) is 36.6 Å². The summed E-state index contributed by atoms with van der Waals surface area (Å²) >= 11 is 0. The van der Waals surface area contributed by atoms with Crippen molar-refractivity contribution in [3.8, 4) is 17.2 Å². The van der Waals surface area contributed by atoms with Crippen LogP contribution in [0.3, 0.4) is 0 Å². The fraction of sp³-hybridized carbons (Fsp3) is 0.387. The van der Waals surface area contributed by atoms with Crippen LogP contribution in [0, 0.1) is 23.2 Å². The molecule has 5 rings (SSSR count). The van der Waals surface area contributed by atoms with Crippen molar-refractivity contribution in [1.82, 2.24) is 4.98 Å². The first kappa shape index (κ1) is 24.8. The topological polar surface area (TPSA) is 95.0 Å². The van der Waals surface area contributed by atoms with Crippen molar-refractivity contribution in [2.24, 2.45) is 17.6 Å². The Balaban J connectivity index is 1.27. The molecule has 2 fully saturated rings. The highest BCUT2D eigenvalue weighted by molar-refractivity contribution is 5.99. The van der Waals surface area contributed by atoms with Gasteiger partial charge >= 0.3 is 0 Å². The minimum absolute atomic E-state index is 0.396. The molecule has 0 unspecified atom stereocenters. The number of aromatic nitrogens is 1. The monoisotopic (exact) mass is 493 g/mol. The molecule has 6 heteroatoms. The van der Waals surface area contributed by atoms with Crippen LogP contribution in [0.1, 0.15) is 60.9 Å². The molecule has 0 bridgehead atoms. The van der Waals surface area contributed by atoms with Gasteiger partial charge in [-0.3, -0.25) is 4.79 Å². The molecular formula is C31H35N5O.